The van der Waals surface area contributed by atoms with Crippen LogP contribution < -0.4 is 5.32 Å². The molecule has 0 bridgehead atoms. The van der Waals surface area contributed by atoms with Crippen molar-refractivity contribution in [3.8, 4) is 0 Å². The Labute approximate surface area is 138 Å². The minimum absolute atomic E-state index is 0.000495. The Hall–Kier alpha value is -1.87. The molecule has 2 aromatic carbocycles. The van der Waals surface area contributed by atoms with Gasteiger partial charge in [-0.15, -0.1) is 0 Å². The van der Waals surface area contributed by atoms with Crippen LogP contribution in [0.25, 0.3) is 0 Å². The van der Waals surface area contributed by atoms with Crippen LogP contribution in [-0.4, -0.2) is 20.1 Å². The maximum absolute atomic E-state index is 13.6. The molecule has 0 radical (unpaired) electrons. The van der Waals surface area contributed by atoms with Crippen LogP contribution >= 0.6 is 15.9 Å². The molecule has 1 N–H and O–H groups in total. The molecule has 9 heteroatoms. The predicted octanol–water partition coefficient (Wildman–Crippen LogP) is 3.84. The lowest BCUT2D eigenvalue weighted by Gasteiger charge is -2.08. The van der Waals surface area contributed by atoms with E-state index >= 15 is 0 Å². The number of alkyl halides is 2. The fraction of sp³-hybridized carbons (Fsp3) is 0.0714. The lowest BCUT2D eigenvalue weighted by molar-refractivity contribution is 0.102. The second-order valence-corrected chi connectivity index (χ2v) is 7.24. The molecule has 23 heavy (non-hydrogen) atoms. The third-order valence-electron chi connectivity index (χ3n) is 2.86. The van der Waals surface area contributed by atoms with Gasteiger partial charge in [0.1, 0.15) is 5.82 Å². The summed E-state index contributed by atoms with van der Waals surface area (Å²) in [7, 11) is -4.72. The van der Waals surface area contributed by atoms with Gasteiger partial charge in [0.15, 0.2) is 0 Å². The van der Waals surface area contributed by atoms with Crippen molar-refractivity contribution in [2.75, 3.05) is 5.32 Å². The summed E-state index contributed by atoms with van der Waals surface area (Å²) >= 11 is 3.07. The third kappa shape index (κ3) is 3.91. The Bertz CT molecular complexity index is 839. The van der Waals surface area contributed by atoms with Gasteiger partial charge in [0.05, 0.1) is 10.6 Å². The van der Waals surface area contributed by atoms with Crippen LogP contribution in [0.2, 0.25) is 0 Å². The molecule has 1 amide bonds. The number of sulfone groups is 1. The minimum Gasteiger partial charge on any atom is -0.319 e. The molecule has 0 heterocycles. The van der Waals surface area contributed by atoms with Gasteiger partial charge in [-0.05, 0) is 42.5 Å². The van der Waals surface area contributed by atoms with E-state index in [1.807, 2.05) is 0 Å². The number of hydrogen-bond acceptors (Lipinski definition) is 3. The molecule has 0 fully saturated rings. The van der Waals surface area contributed by atoms with Gasteiger partial charge in [0.2, 0.25) is 9.84 Å². The molecule has 0 aliphatic carbocycles. The molecular formula is C14H9BrF3NO3S. The second kappa shape index (κ2) is 6.71. The lowest BCUT2D eigenvalue weighted by atomic mass is 10.2. The number of nitrogens with one attached hydrogen (secondary N) is 1. The molecule has 0 aliphatic rings. The van der Waals surface area contributed by atoms with Crippen LogP contribution in [0.4, 0.5) is 18.9 Å². The molecule has 122 valence electrons. The quantitative estimate of drug-likeness (QED) is 0.837. The van der Waals surface area contributed by atoms with E-state index < -0.39 is 32.2 Å². The Morgan fingerprint density at radius 1 is 1.09 bits per heavy atom. The van der Waals surface area contributed by atoms with Crippen molar-refractivity contribution in [3.63, 3.8) is 0 Å². The average Bonchev–Trinajstić information content (AvgIpc) is 2.50. The number of amides is 1. The first-order valence-electron chi connectivity index (χ1n) is 6.10. The number of carbonyl (C=O) groups excluding carboxylic acids is 1. The first-order valence-corrected chi connectivity index (χ1v) is 8.44. The minimum atomic E-state index is -4.72. The third-order valence-corrected chi connectivity index (χ3v) is 4.75. The molecule has 0 saturated heterocycles. The van der Waals surface area contributed by atoms with Gasteiger partial charge in [-0.3, -0.25) is 4.79 Å². The van der Waals surface area contributed by atoms with Crippen molar-refractivity contribution >= 4 is 37.4 Å². The number of anilines is 1. The van der Waals surface area contributed by atoms with E-state index in [1.54, 1.807) is 0 Å². The molecule has 2 aromatic rings. The summed E-state index contributed by atoms with van der Waals surface area (Å²) in [6.07, 6.45) is 0. The Kier molecular flexibility index (Phi) is 5.10. The zero-order valence-electron chi connectivity index (χ0n) is 11.3. The lowest BCUT2D eigenvalue weighted by Crippen LogP contribution is -2.14. The van der Waals surface area contributed by atoms with E-state index in [1.165, 1.54) is 12.1 Å². The van der Waals surface area contributed by atoms with Crippen LogP contribution in [0, 0.1) is 5.82 Å². The van der Waals surface area contributed by atoms with E-state index in [0.717, 1.165) is 30.3 Å². The van der Waals surface area contributed by atoms with Crippen LogP contribution in [0.3, 0.4) is 0 Å². The topological polar surface area (TPSA) is 63.2 Å². The normalized spacial score (nSPS) is 11.5. The molecule has 0 saturated carbocycles. The maximum atomic E-state index is 13.6. The monoisotopic (exact) mass is 407 g/mol. The van der Waals surface area contributed by atoms with Crippen molar-refractivity contribution in [2.24, 2.45) is 0 Å². The molecule has 2 rings (SSSR count). The van der Waals surface area contributed by atoms with Gasteiger partial charge in [-0.25, -0.2) is 12.8 Å². The number of benzene rings is 2. The van der Waals surface area contributed by atoms with Crippen LogP contribution in [0.5, 0.6) is 0 Å². The molecule has 0 aromatic heterocycles. The summed E-state index contributed by atoms with van der Waals surface area (Å²) in [6, 6.07) is 7.96. The fourth-order valence-electron chi connectivity index (χ4n) is 1.68. The van der Waals surface area contributed by atoms with E-state index in [-0.39, 0.29) is 11.3 Å². The largest absolute Gasteiger partial charge is 0.341 e. The second-order valence-electron chi connectivity index (χ2n) is 4.41. The van der Waals surface area contributed by atoms with Crippen LogP contribution in [0.1, 0.15) is 10.4 Å². The van der Waals surface area contributed by atoms with Crippen molar-refractivity contribution in [2.45, 2.75) is 10.7 Å². The standard InChI is InChI=1S/C14H9BrF3NO3S/c15-9-3-6-12(11(16)7-9)19-13(20)8-1-4-10(5-2-8)23(21,22)14(17)18/h1-7,14H,(H,19,20). The molecule has 0 unspecified atom stereocenters. The summed E-state index contributed by atoms with van der Waals surface area (Å²) in [5.74, 6) is -4.91. The summed E-state index contributed by atoms with van der Waals surface area (Å²) in [6.45, 7) is 0. The maximum Gasteiger partial charge on any atom is 0.341 e. The highest BCUT2D eigenvalue weighted by Gasteiger charge is 2.26. The van der Waals surface area contributed by atoms with Gasteiger partial charge < -0.3 is 5.32 Å². The smallest absolute Gasteiger partial charge is 0.319 e. The summed E-state index contributed by atoms with van der Waals surface area (Å²) in [5, 5.41) is 2.30. The zero-order valence-corrected chi connectivity index (χ0v) is 13.7. The Morgan fingerprint density at radius 3 is 2.22 bits per heavy atom. The van der Waals surface area contributed by atoms with Crippen molar-refractivity contribution in [1.29, 1.82) is 0 Å². The van der Waals surface area contributed by atoms with Gasteiger partial charge >= 0.3 is 5.76 Å². The predicted molar refractivity (Wildman–Crippen MR) is 81.7 cm³/mol. The first-order chi connectivity index (χ1) is 10.7. The SMILES string of the molecule is O=C(Nc1ccc(Br)cc1F)c1ccc(S(=O)(=O)C(F)F)cc1. The number of rotatable bonds is 4. The van der Waals surface area contributed by atoms with E-state index in [4.69, 9.17) is 0 Å². The highest BCUT2D eigenvalue weighted by Crippen LogP contribution is 2.21. The van der Waals surface area contributed by atoms with Gasteiger partial charge in [-0.2, -0.15) is 8.78 Å². The van der Waals surface area contributed by atoms with E-state index in [9.17, 15) is 26.4 Å². The molecular weight excluding hydrogens is 399 g/mol. The average molecular weight is 408 g/mol. The Morgan fingerprint density at radius 2 is 1.70 bits per heavy atom. The Balaban J connectivity index is 2.21. The van der Waals surface area contributed by atoms with Gasteiger partial charge in [0, 0.05) is 10.0 Å². The molecule has 0 atom stereocenters. The van der Waals surface area contributed by atoms with Gasteiger partial charge in [0.25, 0.3) is 5.91 Å². The number of carbonyl (C=O) groups is 1. The summed E-state index contributed by atoms with van der Waals surface area (Å²) < 4.78 is 61.5. The highest BCUT2D eigenvalue weighted by molar-refractivity contribution is 9.10. The van der Waals surface area contributed by atoms with E-state index in [0.29, 0.717) is 4.47 Å². The van der Waals surface area contributed by atoms with E-state index in [2.05, 4.69) is 21.2 Å². The van der Waals surface area contributed by atoms with Crippen LogP contribution in [-0.2, 0) is 9.84 Å². The number of hydrogen-bond donors (Lipinski definition) is 1. The molecule has 0 spiro atoms. The summed E-state index contributed by atoms with van der Waals surface area (Å²) in [5.41, 5.74) is -0.0667. The fourth-order valence-corrected chi connectivity index (χ4v) is 2.74. The number of halogens is 4. The van der Waals surface area contributed by atoms with Crippen molar-refractivity contribution in [3.05, 3.63) is 58.3 Å². The summed E-state index contributed by atoms with van der Waals surface area (Å²) in [4.78, 5) is 11.4. The first kappa shape index (κ1) is 17.5. The van der Waals surface area contributed by atoms with Gasteiger partial charge in [-0.1, -0.05) is 15.9 Å². The zero-order chi connectivity index (χ0) is 17.2. The van der Waals surface area contributed by atoms with Crippen LogP contribution in [0.15, 0.2) is 51.8 Å². The van der Waals surface area contributed by atoms with Crippen molar-refractivity contribution < 1.29 is 26.4 Å². The van der Waals surface area contributed by atoms with Crippen molar-refractivity contribution in [1.82, 2.24) is 0 Å². The molecule has 0 aliphatic heterocycles. The molecule has 4 nitrogen and oxygen atoms in total. The highest BCUT2D eigenvalue weighted by atomic mass is 79.9.